The maximum absolute atomic E-state index is 13.4. The summed E-state index contributed by atoms with van der Waals surface area (Å²) in [5.74, 6) is -3.62. The molecule has 0 spiro atoms. The van der Waals surface area contributed by atoms with Crippen molar-refractivity contribution in [2.75, 3.05) is 26.2 Å². The summed E-state index contributed by atoms with van der Waals surface area (Å²) in [5.41, 5.74) is 0.168. The monoisotopic (exact) mass is 286 g/mol. The van der Waals surface area contributed by atoms with Crippen molar-refractivity contribution >= 4 is 0 Å². The highest BCUT2D eigenvalue weighted by Gasteiger charge is 2.13. The van der Waals surface area contributed by atoms with Crippen LogP contribution in [0.15, 0.2) is 12.1 Å². The van der Waals surface area contributed by atoms with Crippen LogP contribution < -0.4 is 5.32 Å². The van der Waals surface area contributed by atoms with Gasteiger partial charge in [0.1, 0.15) is 0 Å². The number of halogens is 3. The van der Waals surface area contributed by atoms with Gasteiger partial charge < -0.3 is 10.2 Å². The zero-order valence-electron chi connectivity index (χ0n) is 11.6. The molecule has 1 N–H and O–H groups in total. The minimum atomic E-state index is -1.39. The van der Waals surface area contributed by atoms with Crippen molar-refractivity contribution in [3.05, 3.63) is 35.1 Å². The molecular weight excluding hydrogens is 265 g/mol. The van der Waals surface area contributed by atoms with E-state index in [2.05, 4.69) is 10.2 Å². The molecule has 0 amide bonds. The number of nitrogens with one attached hydrogen (secondary N) is 1. The highest BCUT2D eigenvalue weighted by molar-refractivity contribution is 5.20. The van der Waals surface area contributed by atoms with E-state index in [0.717, 1.165) is 38.7 Å². The summed E-state index contributed by atoms with van der Waals surface area (Å²) in [6, 6.07) is 2.24. The first kappa shape index (κ1) is 15.3. The normalized spacial score (nSPS) is 16.6. The molecule has 1 aliphatic rings. The van der Waals surface area contributed by atoms with Crippen molar-refractivity contribution in [2.24, 2.45) is 0 Å². The summed E-state index contributed by atoms with van der Waals surface area (Å²) >= 11 is 0. The fourth-order valence-electron chi connectivity index (χ4n) is 2.54. The molecule has 0 atom stereocenters. The van der Waals surface area contributed by atoms with Crippen LogP contribution in [-0.4, -0.2) is 31.1 Å². The summed E-state index contributed by atoms with van der Waals surface area (Å²) in [5, 5.41) is 3.07. The van der Waals surface area contributed by atoms with Crippen molar-refractivity contribution in [1.29, 1.82) is 0 Å². The molecule has 112 valence electrons. The van der Waals surface area contributed by atoms with Crippen LogP contribution in [0.1, 0.15) is 31.2 Å². The van der Waals surface area contributed by atoms with E-state index in [-0.39, 0.29) is 12.1 Å². The number of hydrogen-bond acceptors (Lipinski definition) is 2. The number of benzene rings is 1. The van der Waals surface area contributed by atoms with Gasteiger partial charge in [-0.3, -0.25) is 0 Å². The molecular formula is C15H21F3N2. The summed E-state index contributed by atoms with van der Waals surface area (Å²) < 4.78 is 39.2. The predicted octanol–water partition coefficient (Wildman–Crippen LogP) is 3.07. The highest BCUT2D eigenvalue weighted by Crippen LogP contribution is 2.15. The van der Waals surface area contributed by atoms with Crippen molar-refractivity contribution in [3.63, 3.8) is 0 Å². The van der Waals surface area contributed by atoms with Crippen LogP contribution in [0, 0.1) is 17.5 Å². The molecule has 5 heteroatoms. The largest absolute Gasteiger partial charge is 0.313 e. The first-order valence-electron chi connectivity index (χ1n) is 7.24. The molecule has 0 radical (unpaired) electrons. The second-order valence-corrected chi connectivity index (χ2v) is 5.27. The zero-order chi connectivity index (χ0) is 14.4. The molecule has 0 aliphatic carbocycles. The maximum atomic E-state index is 13.4. The lowest BCUT2D eigenvalue weighted by molar-refractivity contribution is 0.225. The van der Waals surface area contributed by atoms with Crippen LogP contribution in [0.25, 0.3) is 0 Å². The second kappa shape index (κ2) is 7.64. The number of hydrogen-bond donors (Lipinski definition) is 1. The summed E-state index contributed by atoms with van der Waals surface area (Å²) in [7, 11) is 0. The van der Waals surface area contributed by atoms with Crippen molar-refractivity contribution in [1.82, 2.24) is 10.2 Å². The molecule has 0 saturated carbocycles. The molecule has 0 aromatic heterocycles. The maximum Gasteiger partial charge on any atom is 0.194 e. The Bertz CT molecular complexity index is 431. The summed E-state index contributed by atoms with van der Waals surface area (Å²) in [6.45, 7) is 4.33. The van der Waals surface area contributed by atoms with E-state index in [9.17, 15) is 13.2 Å². The van der Waals surface area contributed by atoms with Gasteiger partial charge in [0.2, 0.25) is 0 Å². The molecule has 1 fully saturated rings. The van der Waals surface area contributed by atoms with E-state index in [1.165, 1.54) is 25.3 Å². The average molecular weight is 286 g/mol. The highest BCUT2D eigenvalue weighted by atomic mass is 19.2. The quantitative estimate of drug-likeness (QED) is 0.638. The van der Waals surface area contributed by atoms with Crippen molar-refractivity contribution in [2.45, 2.75) is 32.2 Å². The second-order valence-electron chi connectivity index (χ2n) is 5.27. The molecule has 0 bridgehead atoms. The minimum absolute atomic E-state index is 0.168. The van der Waals surface area contributed by atoms with Gasteiger partial charge in [0.25, 0.3) is 0 Å². The van der Waals surface area contributed by atoms with E-state index >= 15 is 0 Å². The number of nitrogens with zero attached hydrogens (tertiary/aromatic N) is 1. The van der Waals surface area contributed by atoms with E-state index in [4.69, 9.17) is 0 Å². The molecule has 0 unspecified atom stereocenters. The fourth-order valence-corrected chi connectivity index (χ4v) is 2.54. The lowest BCUT2D eigenvalue weighted by Crippen LogP contribution is -2.32. The number of rotatable bonds is 6. The smallest absolute Gasteiger partial charge is 0.194 e. The third kappa shape index (κ3) is 4.21. The molecule has 1 aliphatic heterocycles. The van der Waals surface area contributed by atoms with E-state index in [1.54, 1.807) is 0 Å². The Morgan fingerprint density at radius 1 is 1.00 bits per heavy atom. The van der Waals surface area contributed by atoms with Crippen LogP contribution in [0.2, 0.25) is 0 Å². The summed E-state index contributed by atoms with van der Waals surface area (Å²) in [4.78, 5) is 2.43. The van der Waals surface area contributed by atoms with Crippen LogP contribution >= 0.6 is 0 Å². The lowest BCUT2D eigenvalue weighted by atomic mass is 10.1. The number of likely N-dealkylation sites (tertiary alicyclic amines) is 1. The van der Waals surface area contributed by atoms with E-state index in [1.807, 2.05) is 0 Å². The van der Waals surface area contributed by atoms with Crippen molar-refractivity contribution < 1.29 is 13.2 Å². The molecule has 20 heavy (non-hydrogen) atoms. The Labute approximate surface area is 118 Å². The predicted molar refractivity (Wildman–Crippen MR) is 72.9 cm³/mol. The first-order valence-corrected chi connectivity index (χ1v) is 7.24. The van der Waals surface area contributed by atoms with Crippen LogP contribution in [0.3, 0.4) is 0 Å². The molecule has 2 rings (SSSR count). The lowest BCUT2D eigenvalue weighted by Gasteiger charge is -2.26. The Kier molecular flexibility index (Phi) is 5.86. The average Bonchev–Trinajstić information content (AvgIpc) is 2.48. The Hall–Kier alpha value is -1.07. The Morgan fingerprint density at radius 2 is 1.75 bits per heavy atom. The fraction of sp³-hybridized carbons (Fsp3) is 0.600. The van der Waals surface area contributed by atoms with Gasteiger partial charge in [-0.05, 0) is 51.5 Å². The van der Waals surface area contributed by atoms with Gasteiger partial charge in [0.15, 0.2) is 17.5 Å². The van der Waals surface area contributed by atoms with Crippen LogP contribution in [-0.2, 0) is 6.54 Å². The van der Waals surface area contributed by atoms with Gasteiger partial charge >= 0.3 is 0 Å². The number of piperidine rings is 1. The van der Waals surface area contributed by atoms with Gasteiger partial charge in [-0.2, -0.15) is 0 Å². The van der Waals surface area contributed by atoms with Gasteiger partial charge in [0.05, 0.1) is 0 Å². The van der Waals surface area contributed by atoms with Crippen molar-refractivity contribution in [3.8, 4) is 0 Å². The van der Waals surface area contributed by atoms with Gasteiger partial charge in [0, 0.05) is 12.1 Å². The third-order valence-corrected chi connectivity index (χ3v) is 3.71. The Morgan fingerprint density at radius 3 is 2.50 bits per heavy atom. The Balaban J connectivity index is 1.67. The molecule has 2 nitrogen and oxygen atoms in total. The van der Waals surface area contributed by atoms with Crippen LogP contribution in [0.4, 0.5) is 13.2 Å². The van der Waals surface area contributed by atoms with Gasteiger partial charge in [-0.1, -0.05) is 12.5 Å². The molecule has 1 saturated heterocycles. The SMILES string of the molecule is Fc1ccc(CNCCCN2CCCCC2)c(F)c1F. The topological polar surface area (TPSA) is 15.3 Å². The molecule has 1 aromatic rings. The molecule has 1 heterocycles. The third-order valence-electron chi connectivity index (χ3n) is 3.71. The summed E-state index contributed by atoms with van der Waals surface area (Å²) in [6.07, 6.45) is 4.84. The first-order chi connectivity index (χ1) is 9.68. The van der Waals surface area contributed by atoms with E-state index in [0.29, 0.717) is 0 Å². The van der Waals surface area contributed by atoms with E-state index < -0.39 is 17.5 Å². The van der Waals surface area contributed by atoms with Crippen LogP contribution in [0.5, 0.6) is 0 Å². The standard InChI is InChI=1S/C15H21F3N2/c16-13-6-5-12(14(17)15(13)18)11-19-7-4-10-20-8-2-1-3-9-20/h5-6,19H,1-4,7-11H2. The van der Waals surface area contributed by atoms with Gasteiger partial charge in [-0.15, -0.1) is 0 Å². The zero-order valence-corrected chi connectivity index (χ0v) is 11.6. The van der Waals surface area contributed by atoms with Gasteiger partial charge in [-0.25, -0.2) is 13.2 Å². The minimum Gasteiger partial charge on any atom is -0.313 e. The molecule has 1 aromatic carbocycles.